The van der Waals surface area contributed by atoms with Gasteiger partial charge in [-0.15, -0.1) is 10.2 Å². The number of ketones is 1. The number of anilines is 1. The van der Waals surface area contributed by atoms with E-state index in [1.165, 1.54) is 4.90 Å². The van der Waals surface area contributed by atoms with Gasteiger partial charge < -0.3 is 4.57 Å². The number of aromatic nitrogens is 3. The van der Waals surface area contributed by atoms with Crippen LogP contribution in [0.3, 0.4) is 0 Å². The summed E-state index contributed by atoms with van der Waals surface area (Å²) in [4.78, 5) is 25.3. The number of aryl methyl sites for hydroxylation is 1. The molecule has 0 atom stereocenters. The Kier molecular flexibility index (Phi) is 2.70. The fourth-order valence-corrected chi connectivity index (χ4v) is 2.36. The average Bonchev–Trinajstić information content (AvgIpc) is 2.88. The first-order valence-electron chi connectivity index (χ1n) is 5.56. The molecule has 1 aliphatic heterocycles. The van der Waals surface area contributed by atoms with Crippen molar-refractivity contribution in [2.45, 2.75) is 6.54 Å². The van der Waals surface area contributed by atoms with Crippen molar-refractivity contribution in [2.24, 2.45) is 7.05 Å². The zero-order valence-electron chi connectivity index (χ0n) is 10.00. The van der Waals surface area contributed by atoms with Gasteiger partial charge in [-0.1, -0.05) is 15.9 Å². The van der Waals surface area contributed by atoms with Crippen LogP contribution in [-0.2, 0) is 18.4 Å². The van der Waals surface area contributed by atoms with Gasteiger partial charge in [0.1, 0.15) is 6.33 Å². The molecule has 0 saturated heterocycles. The average molecular weight is 321 g/mol. The van der Waals surface area contributed by atoms with E-state index in [9.17, 15) is 9.59 Å². The van der Waals surface area contributed by atoms with Crippen LogP contribution < -0.4 is 4.90 Å². The Bertz CT molecular complexity index is 695. The van der Waals surface area contributed by atoms with Gasteiger partial charge in [0.15, 0.2) is 5.82 Å². The van der Waals surface area contributed by atoms with Gasteiger partial charge in [0, 0.05) is 11.5 Å². The molecule has 2 aromatic rings. The van der Waals surface area contributed by atoms with Gasteiger partial charge in [-0.05, 0) is 18.2 Å². The number of rotatable bonds is 2. The molecule has 1 aromatic carbocycles. The summed E-state index contributed by atoms with van der Waals surface area (Å²) in [7, 11) is 1.79. The van der Waals surface area contributed by atoms with Crippen LogP contribution >= 0.6 is 15.9 Å². The Labute approximate surface area is 117 Å². The Morgan fingerprint density at radius 3 is 2.79 bits per heavy atom. The number of benzene rings is 1. The summed E-state index contributed by atoms with van der Waals surface area (Å²) < 4.78 is 2.53. The second-order valence-electron chi connectivity index (χ2n) is 4.24. The van der Waals surface area contributed by atoms with Gasteiger partial charge in [0.2, 0.25) is 0 Å². The van der Waals surface area contributed by atoms with E-state index in [1.54, 1.807) is 36.1 Å². The lowest BCUT2D eigenvalue weighted by atomic mass is 10.1. The summed E-state index contributed by atoms with van der Waals surface area (Å²) in [5, 5.41) is 7.69. The number of halogens is 1. The molecule has 1 aromatic heterocycles. The van der Waals surface area contributed by atoms with E-state index in [0.29, 0.717) is 17.1 Å². The lowest BCUT2D eigenvalue weighted by Crippen LogP contribution is -2.30. The molecule has 0 saturated carbocycles. The van der Waals surface area contributed by atoms with Crippen LogP contribution in [0, 0.1) is 0 Å². The number of nitrogens with zero attached hydrogens (tertiary/aromatic N) is 4. The third-order valence-electron chi connectivity index (χ3n) is 3.04. The van der Waals surface area contributed by atoms with E-state index in [-0.39, 0.29) is 6.54 Å². The minimum atomic E-state index is -0.531. The monoisotopic (exact) mass is 320 g/mol. The fraction of sp³-hybridized carbons (Fsp3) is 0.167. The Balaban J connectivity index is 2.04. The highest BCUT2D eigenvalue weighted by Gasteiger charge is 2.36. The van der Waals surface area contributed by atoms with Crippen molar-refractivity contribution in [3.05, 3.63) is 40.4 Å². The van der Waals surface area contributed by atoms with Crippen LogP contribution in [0.15, 0.2) is 29.0 Å². The van der Waals surface area contributed by atoms with Crippen molar-refractivity contribution >= 4 is 33.3 Å². The third-order valence-corrected chi connectivity index (χ3v) is 3.53. The summed E-state index contributed by atoms with van der Waals surface area (Å²) in [5.74, 6) is -0.394. The first kappa shape index (κ1) is 12.0. The second kappa shape index (κ2) is 4.27. The fourth-order valence-electron chi connectivity index (χ4n) is 2.02. The second-order valence-corrected chi connectivity index (χ2v) is 5.16. The lowest BCUT2D eigenvalue weighted by Gasteiger charge is -2.15. The summed E-state index contributed by atoms with van der Waals surface area (Å²) in [6.45, 7) is 0.227. The van der Waals surface area contributed by atoms with Crippen molar-refractivity contribution < 1.29 is 9.59 Å². The number of hydrogen-bond acceptors (Lipinski definition) is 4. The molecule has 19 heavy (non-hydrogen) atoms. The molecular weight excluding hydrogens is 312 g/mol. The zero-order valence-corrected chi connectivity index (χ0v) is 11.6. The topological polar surface area (TPSA) is 68.1 Å². The van der Waals surface area contributed by atoms with Crippen molar-refractivity contribution in [3.8, 4) is 0 Å². The summed E-state index contributed by atoms with van der Waals surface area (Å²) in [6.07, 6.45) is 1.56. The van der Waals surface area contributed by atoms with Gasteiger partial charge in [0.05, 0.1) is 17.8 Å². The van der Waals surface area contributed by atoms with E-state index in [4.69, 9.17) is 0 Å². The van der Waals surface area contributed by atoms with Gasteiger partial charge in [-0.2, -0.15) is 0 Å². The summed E-state index contributed by atoms with van der Waals surface area (Å²) >= 11 is 3.34. The van der Waals surface area contributed by atoms with Crippen LogP contribution in [0.25, 0.3) is 0 Å². The van der Waals surface area contributed by atoms with Crippen molar-refractivity contribution in [1.82, 2.24) is 14.8 Å². The van der Waals surface area contributed by atoms with E-state index in [2.05, 4.69) is 26.1 Å². The van der Waals surface area contributed by atoms with Crippen LogP contribution in [-0.4, -0.2) is 26.5 Å². The molecule has 0 aliphatic carbocycles. The molecule has 0 unspecified atom stereocenters. The highest BCUT2D eigenvalue weighted by atomic mass is 79.9. The molecule has 0 spiro atoms. The predicted molar refractivity (Wildman–Crippen MR) is 70.7 cm³/mol. The van der Waals surface area contributed by atoms with E-state index in [0.717, 1.165) is 4.47 Å². The number of carbonyl (C=O) groups is 2. The van der Waals surface area contributed by atoms with E-state index < -0.39 is 11.7 Å². The minimum absolute atomic E-state index is 0.227. The largest absolute Gasteiger partial charge is 0.319 e. The van der Waals surface area contributed by atoms with Crippen molar-refractivity contribution in [2.75, 3.05) is 4.90 Å². The zero-order chi connectivity index (χ0) is 13.6. The number of fused-ring (bicyclic) bond motifs is 1. The number of hydrogen-bond donors (Lipinski definition) is 0. The molecule has 96 valence electrons. The van der Waals surface area contributed by atoms with E-state index in [1.807, 2.05) is 0 Å². The normalized spacial score (nSPS) is 14.1. The molecule has 0 fully saturated rings. The molecule has 7 heteroatoms. The molecule has 0 N–H and O–H groups in total. The molecule has 0 radical (unpaired) electrons. The molecule has 0 bridgehead atoms. The molecule has 2 heterocycles. The molecular formula is C12H9BrN4O2. The maximum Gasteiger partial charge on any atom is 0.299 e. The van der Waals surface area contributed by atoms with Crippen LogP contribution in [0.5, 0.6) is 0 Å². The molecule has 1 aliphatic rings. The first-order chi connectivity index (χ1) is 9.08. The van der Waals surface area contributed by atoms with E-state index >= 15 is 0 Å². The SMILES string of the molecule is Cn1cnnc1CN1C(=O)C(=O)c2ccc(Br)cc21. The van der Waals surface area contributed by atoms with Gasteiger partial charge in [-0.25, -0.2) is 0 Å². The van der Waals surface area contributed by atoms with Gasteiger partial charge in [-0.3, -0.25) is 14.5 Å². The van der Waals surface area contributed by atoms with Crippen LogP contribution in [0.2, 0.25) is 0 Å². The quantitative estimate of drug-likeness (QED) is 0.782. The Morgan fingerprint density at radius 2 is 2.11 bits per heavy atom. The minimum Gasteiger partial charge on any atom is -0.319 e. The number of amides is 1. The smallest absolute Gasteiger partial charge is 0.299 e. The van der Waals surface area contributed by atoms with Crippen LogP contribution in [0.1, 0.15) is 16.2 Å². The lowest BCUT2D eigenvalue weighted by molar-refractivity contribution is -0.114. The Morgan fingerprint density at radius 1 is 1.32 bits per heavy atom. The summed E-state index contributed by atoms with van der Waals surface area (Å²) in [5.41, 5.74) is 1.03. The number of Topliss-reactive ketones (excluding diaryl/α,β-unsaturated/α-hetero) is 1. The highest BCUT2D eigenvalue weighted by molar-refractivity contribution is 9.10. The molecule has 6 nitrogen and oxygen atoms in total. The van der Waals surface area contributed by atoms with Gasteiger partial charge >= 0.3 is 0 Å². The molecule has 1 amide bonds. The first-order valence-corrected chi connectivity index (χ1v) is 6.36. The van der Waals surface area contributed by atoms with Crippen LogP contribution in [0.4, 0.5) is 5.69 Å². The molecule has 3 rings (SSSR count). The van der Waals surface area contributed by atoms with Crippen molar-refractivity contribution in [1.29, 1.82) is 0 Å². The summed E-state index contributed by atoms with van der Waals surface area (Å²) in [6, 6.07) is 5.15. The highest BCUT2D eigenvalue weighted by Crippen LogP contribution is 2.32. The predicted octanol–water partition coefficient (Wildman–Crippen LogP) is 1.31. The van der Waals surface area contributed by atoms with Gasteiger partial charge in [0.25, 0.3) is 11.7 Å². The van der Waals surface area contributed by atoms with Crippen molar-refractivity contribution in [3.63, 3.8) is 0 Å². The third kappa shape index (κ3) is 1.86. The Hall–Kier alpha value is -2.02. The standard InChI is InChI=1S/C12H9BrN4O2/c1-16-6-14-15-10(16)5-17-9-4-7(13)2-3-8(9)11(18)12(17)19/h2-4,6H,5H2,1H3. The maximum absolute atomic E-state index is 12.0. The number of carbonyl (C=O) groups excluding carboxylic acids is 2. The maximum atomic E-state index is 12.0.